The largest absolute Gasteiger partial charge is 0.527 e. The summed E-state index contributed by atoms with van der Waals surface area (Å²) in [6.07, 6.45) is -10.1. The fourth-order valence-corrected chi connectivity index (χ4v) is 1.87. The average Bonchev–Trinajstić information content (AvgIpc) is 2.30. The smallest absolute Gasteiger partial charge is 0.388 e. The maximum absolute atomic E-state index is 11.1. The summed E-state index contributed by atoms with van der Waals surface area (Å²) in [4.78, 5) is 44.6. The molecule has 0 rings (SSSR count). The number of hydrogen-bond donors (Lipinski definition) is 9. The molecular formula is C6H15NO13P2. The molecule has 0 aromatic rings. The van der Waals surface area contributed by atoms with Gasteiger partial charge in [0.2, 0.25) is 0 Å². The Morgan fingerprint density at radius 1 is 0.864 bits per heavy atom. The highest BCUT2D eigenvalue weighted by molar-refractivity contribution is 7.47. The number of aliphatic hydroxyl groups is 4. The highest BCUT2D eigenvalue weighted by Gasteiger charge is 2.40. The fourth-order valence-electron chi connectivity index (χ4n) is 1.10. The molecule has 0 amide bonds. The van der Waals surface area contributed by atoms with E-state index < -0.39 is 52.3 Å². The van der Waals surface area contributed by atoms with Gasteiger partial charge in [0.25, 0.3) is 0 Å². The van der Waals surface area contributed by atoms with Crippen LogP contribution in [-0.2, 0) is 23.0 Å². The summed E-state index contributed by atoms with van der Waals surface area (Å²) in [6.45, 7) is 0. The SMILES string of the molecule is N[C@@H](C(=O)OP(=O)(O)O)[C@@H](O)[C@H](O)[C@H](O)C(O)OP(=O)(O)O. The Hall–Kier alpha value is -0.470. The zero-order valence-electron chi connectivity index (χ0n) is 10.5. The second kappa shape index (κ2) is 7.88. The van der Waals surface area contributed by atoms with Crippen LogP contribution in [0.4, 0.5) is 0 Å². The first-order valence-corrected chi connectivity index (χ1v) is 8.22. The van der Waals surface area contributed by atoms with Gasteiger partial charge in [-0.15, -0.1) is 0 Å². The van der Waals surface area contributed by atoms with Crippen molar-refractivity contribution in [1.29, 1.82) is 0 Å². The average molecular weight is 371 g/mol. The molecule has 0 aliphatic rings. The standard InChI is InChI=1S/C6H15NO13P2/c7-1(5(11)19-21(13,14)15)2(8)3(9)4(10)6(12)20-22(16,17)18/h1-4,6,8-10,12H,7H2,(H2,13,14,15)(H2,16,17,18)/t1-,2-,3+,4+,6?/m1/s1. The molecule has 0 radical (unpaired) electrons. The first-order chi connectivity index (χ1) is 9.65. The summed E-state index contributed by atoms with van der Waals surface area (Å²) in [5, 5.41) is 37.2. The molecule has 132 valence electrons. The van der Waals surface area contributed by atoms with E-state index in [0.29, 0.717) is 0 Å². The summed E-state index contributed by atoms with van der Waals surface area (Å²) in [5.74, 6) is -1.85. The van der Waals surface area contributed by atoms with Gasteiger partial charge < -0.3 is 40.5 Å². The molecule has 0 fully saturated rings. The summed E-state index contributed by atoms with van der Waals surface area (Å²) < 4.78 is 27.9. The number of carbonyl (C=O) groups excluding carboxylic acids is 1. The molecule has 0 aromatic carbocycles. The first kappa shape index (κ1) is 21.5. The van der Waals surface area contributed by atoms with E-state index in [1.54, 1.807) is 0 Å². The van der Waals surface area contributed by atoms with Crippen molar-refractivity contribution in [2.75, 3.05) is 0 Å². The molecule has 0 saturated heterocycles. The number of phosphoric ester groups is 2. The van der Waals surface area contributed by atoms with Crippen LogP contribution in [0.5, 0.6) is 0 Å². The van der Waals surface area contributed by atoms with Gasteiger partial charge in [0, 0.05) is 0 Å². The van der Waals surface area contributed by atoms with Gasteiger partial charge in [0.05, 0.1) is 0 Å². The van der Waals surface area contributed by atoms with Crippen molar-refractivity contribution in [2.45, 2.75) is 30.6 Å². The topological polar surface area (TPSA) is 258 Å². The highest BCUT2D eigenvalue weighted by atomic mass is 31.2. The van der Waals surface area contributed by atoms with E-state index in [9.17, 15) is 29.2 Å². The molecule has 0 bridgehead atoms. The maximum Gasteiger partial charge on any atom is 0.527 e. The van der Waals surface area contributed by atoms with Gasteiger partial charge in [-0.05, 0) is 0 Å². The van der Waals surface area contributed by atoms with Crippen LogP contribution in [0.2, 0.25) is 0 Å². The molecule has 0 spiro atoms. The molecule has 0 heterocycles. The van der Waals surface area contributed by atoms with Crippen molar-refractivity contribution in [2.24, 2.45) is 5.73 Å². The lowest BCUT2D eigenvalue weighted by molar-refractivity contribution is -0.177. The Balaban J connectivity index is 4.83. The predicted molar refractivity (Wildman–Crippen MR) is 63.3 cm³/mol. The molecule has 0 saturated carbocycles. The van der Waals surface area contributed by atoms with E-state index in [0.717, 1.165) is 0 Å². The van der Waals surface area contributed by atoms with Crippen LogP contribution in [0.15, 0.2) is 0 Å². The third kappa shape index (κ3) is 7.69. The first-order valence-electron chi connectivity index (χ1n) is 5.16. The van der Waals surface area contributed by atoms with Crippen molar-refractivity contribution >= 4 is 21.6 Å². The van der Waals surface area contributed by atoms with E-state index in [-0.39, 0.29) is 0 Å². The number of rotatable bonds is 8. The van der Waals surface area contributed by atoms with Crippen molar-refractivity contribution in [3.8, 4) is 0 Å². The van der Waals surface area contributed by atoms with Crippen LogP contribution >= 0.6 is 15.6 Å². The Morgan fingerprint density at radius 2 is 1.32 bits per heavy atom. The van der Waals surface area contributed by atoms with Crippen molar-refractivity contribution in [3.05, 3.63) is 0 Å². The number of nitrogens with two attached hydrogens (primary N) is 1. The zero-order chi connectivity index (χ0) is 17.9. The van der Waals surface area contributed by atoms with Gasteiger partial charge in [-0.3, -0.25) is 14.3 Å². The summed E-state index contributed by atoms with van der Waals surface area (Å²) >= 11 is 0. The molecule has 1 unspecified atom stereocenters. The Kier molecular flexibility index (Phi) is 7.71. The second-order valence-corrected chi connectivity index (χ2v) is 6.24. The van der Waals surface area contributed by atoms with Gasteiger partial charge in [-0.2, -0.15) is 0 Å². The minimum atomic E-state index is -5.28. The Morgan fingerprint density at radius 3 is 1.68 bits per heavy atom. The van der Waals surface area contributed by atoms with Crippen LogP contribution in [0, 0.1) is 0 Å². The van der Waals surface area contributed by atoms with Gasteiger partial charge in [-0.25, -0.2) is 13.9 Å². The van der Waals surface area contributed by atoms with E-state index in [4.69, 9.17) is 30.4 Å². The van der Waals surface area contributed by atoms with Crippen molar-refractivity contribution in [3.63, 3.8) is 0 Å². The third-order valence-corrected chi connectivity index (χ3v) is 2.99. The van der Waals surface area contributed by atoms with Gasteiger partial charge in [0.15, 0.2) is 6.29 Å². The van der Waals surface area contributed by atoms with Crippen LogP contribution < -0.4 is 5.73 Å². The van der Waals surface area contributed by atoms with Crippen molar-refractivity contribution in [1.82, 2.24) is 0 Å². The van der Waals surface area contributed by atoms with Crippen LogP contribution in [-0.4, -0.2) is 76.6 Å². The number of carbonyl (C=O) groups is 1. The second-order valence-electron chi connectivity index (χ2n) is 3.89. The maximum atomic E-state index is 11.1. The lowest BCUT2D eigenvalue weighted by Gasteiger charge is -2.28. The summed E-state index contributed by atoms with van der Waals surface area (Å²) in [6, 6.07) is -2.26. The number of hydrogen-bond acceptors (Lipinski definition) is 10. The number of phosphoric acid groups is 2. The van der Waals surface area contributed by atoms with E-state index >= 15 is 0 Å². The van der Waals surface area contributed by atoms with Gasteiger partial charge >= 0.3 is 21.6 Å². The van der Waals surface area contributed by atoms with Gasteiger partial charge in [0.1, 0.15) is 24.4 Å². The predicted octanol–water partition coefficient (Wildman–Crippen LogP) is -4.54. The minimum Gasteiger partial charge on any atom is -0.388 e. The Bertz CT molecular complexity index is 471. The van der Waals surface area contributed by atoms with Crippen molar-refractivity contribution < 1.29 is 63.0 Å². The summed E-state index contributed by atoms with van der Waals surface area (Å²) in [5.41, 5.74) is 5.02. The van der Waals surface area contributed by atoms with E-state index in [1.165, 1.54) is 0 Å². The summed E-state index contributed by atoms with van der Waals surface area (Å²) in [7, 11) is -10.5. The van der Waals surface area contributed by atoms with Crippen LogP contribution in [0.3, 0.4) is 0 Å². The highest BCUT2D eigenvalue weighted by Crippen LogP contribution is 2.38. The molecule has 16 heteroatoms. The van der Waals surface area contributed by atoms with E-state index in [2.05, 4.69) is 9.05 Å². The lowest BCUT2D eigenvalue weighted by Crippen LogP contribution is -2.55. The molecule has 22 heavy (non-hydrogen) atoms. The molecule has 10 N–H and O–H groups in total. The van der Waals surface area contributed by atoms with Gasteiger partial charge in [-0.1, -0.05) is 0 Å². The zero-order valence-corrected chi connectivity index (χ0v) is 12.3. The Labute approximate surface area is 122 Å². The monoisotopic (exact) mass is 371 g/mol. The lowest BCUT2D eigenvalue weighted by atomic mass is 10.0. The van der Waals surface area contributed by atoms with Crippen LogP contribution in [0.25, 0.3) is 0 Å². The molecule has 0 aliphatic heterocycles. The molecule has 0 aliphatic carbocycles. The fraction of sp³-hybridized carbons (Fsp3) is 0.833. The molecule has 14 nitrogen and oxygen atoms in total. The molecular weight excluding hydrogens is 356 g/mol. The van der Waals surface area contributed by atoms with E-state index in [1.807, 2.05) is 0 Å². The normalized spacial score (nSPS) is 19.9. The van der Waals surface area contributed by atoms with Crippen LogP contribution in [0.1, 0.15) is 0 Å². The number of aliphatic hydroxyl groups excluding tert-OH is 4. The quantitative estimate of drug-likeness (QED) is 0.144. The molecule has 0 aromatic heterocycles. The third-order valence-electron chi connectivity index (χ3n) is 2.09. The minimum absolute atomic E-state index is 1.85. The molecule has 5 atom stereocenters.